The zero-order chi connectivity index (χ0) is 24.1. The molecule has 0 heterocycles. The van der Waals surface area contributed by atoms with E-state index in [4.69, 9.17) is 17.2 Å². The number of unbranched alkanes of at least 4 members (excludes halogenated alkanes) is 4. The van der Waals surface area contributed by atoms with E-state index in [2.05, 4.69) is 80.8 Å². The van der Waals surface area contributed by atoms with Gasteiger partial charge in [-0.3, -0.25) is 0 Å². The molecule has 0 radical (unpaired) electrons. The van der Waals surface area contributed by atoms with Crippen LogP contribution in [0, 0.1) is 6.92 Å². The van der Waals surface area contributed by atoms with Gasteiger partial charge in [0.15, 0.2) is 0 Å². The first-order valence-corrected chi connectivity index (χ1v) is 13.6. The molecule has 0 fully saturated rings. The summed E-state index contributed by atoms with van der Waals surface area (Å²) in [7, 11) is 0. The van der Waals surface area contributed by atoms with Crippen molar-refractivity contribution < 1.29 is 0 Å². The van der Waals surface area contributed by atoms with Crippen molar-refractivity contribution in [2.24, 2.45) is 4.99 Å². The maximum Gasteiger partial charge on any atom is 0.0819 e. The maximum absolute atomic E-state index is 5.76. The molecule has 0 atom stereocenters. The van der Waals surface area contributed by atoms with Gasteiger partial charge in [-0.25, -0.2) is 4.99 Å². The summed E-state index contributed by atoms with van der Waals surface area (Å²) in [4.78, 5) is 10.8. The molecule has 1 aromatic carbocycles. The molecule has 0 aromatic heterocycles. The molecule has 4 heteroatoms. The third kappa shape index (κ3) is 8.73. The first-order valence-electron chi connectivity index (χ1n) is 13.2. The van der Waals surface area contributed by atoms with Gasteiger partial charge in [0.25, 0.3) is 0 Å². The number of aryl methyl sites for hydroxylation is 1. The molecule has 1 aliphatic rings. The summed E-state index contributed by atoms with van der Waals surface area (Å²) in [5.41, 5.74) is 5.65. The van der Waals surface area contributed by atoms with Gasteiger partial charge in [-0.05, 0) is 74.6 Å². The van der Waals surface area contributed by atoms with Crippen molar-refractivity contribution in [2.45, 2.75) is 86.0 Å². The van der Waals surface area contributed by atoms with Gasteiger partial charge in [-0.15, -0.1) is 0 Å². The highest BCUT2D eigenvalue weighted by Gasteiger charge is 2.15. The van der Waals surface area contributed by atoms with E-state index in [1.165, 1.54) is 68.3 Å². The van der Waals surface area contributed by atoms with Crippen LogP contribution >= 0.6 is 12.2 Å². The average Bonchev–Trinajstić information content (AvgIpc) is 2.82. The number of anilines is 1. The molecule has 33 heavy (non-hydrogen) atoms. The summed E-state index contributed by atoms with van der Waals surface area (Å²) >= 11 is 5.76. The van der Waals surface area contributed by atoms with Gasteiger partial charge in [0.1, 0.15) is 0 Å². The Morgan fingerprint density at radius 1 is 0.758 bits per heavy atom. The maximum atomic E-state index is 5.76. The second-order valence-corrected chi connectivity index (χ2v) is 9.56. The fraction of sp³-hybridized carbons (Fsp3) is 0.586. The Kier molecular flexibility index (Phi) is 12.5. The SMILES string of the molecule is CCCCN(CCCC)C1=CC(=S)C(=Nc2ccc(N(CCCC)CCCC)cc2C)C=C1. The molecule has 0 saturated heterocycles. The van der Waals surface area contributed by atoms with Crippen molar-refractivity contribution in [3.63, 3.8) is 0 Å². The number of rotatable bonds is 15. The minimum Gasteiger partial charge on any atom is -0.372 e. The summed E-state index contributed by atoms with van der Waals surface area (Å²) in [6.45, 7) is 15.6. The first kappa shape index (κ1) is 27.3. The molecular weight excluding hydrogens is 422 g/mol. The Morgan fingerprint density at radius 2 is 1.30 bits per heavy atom. The van der Waals surface area contributed by atoms with E-state index in [1.807, 2.05) is 0 Å². The quantitative estimate of drug-likeness (QED) is 0.242. The van der Waals surface area contributed by atoms with Crippen LogP contribution in [0.2, 0.25) is 0 Å². The van der Waals surface area contributed by atoms with Crippen LogP contribution in [0.25, 0.3) is 0 Å². The number of nitrogens with zero attached hydrogens (tertiary/aromatic N) is 3. The smallest absolute Gasteiger partial charge is 0.0819 e. The predicted molar refractivity (Wildman–Crippen MR) is 152 cm³/mol. The minimum atomic E-state index is 0.835. The molecular formula is C29H45N3S. The molecule has 0 saturated carbocycles. The third-order valence-corrected chi connectivity index (χ3v) is 6.55. The number of thiocarbonyl (C=S) groups is 1. The summed E-state index contributed by atoms with van der Waals surface area (Å²) in [6.07, 6.45) is 16.2. The van der Waals surface area contributed by atoms with Crippen molar-refractivity contribution in [1.29, 1.82) is 0 Å². The van der Waals surface area contributed by atoms with Crippen LogP contribution in [0.15, 0.2) is 47.1 Å². The Bertz CT molecular complexity index is 821. The lowest BCUT2D eigenvalue weighted by atomic mass is 10.1. The van der Waals surface area contributed by atoms with E-state index >= 15 is 0 Å². The summed E-state index contributed by atoms with van der Waals surface area (Å²) in [6, 6.07) is 6.68. The van der Waals surface area contributed by atoms with Crippen LogP contribution in [0.1, 0.15) is 84.6 Å². The van der Waals surface area contributed by atoms with Crippen molar-refractivity contribution in [3.8, 4) is 0 Å². The number of hydrogen-bond acceptors (Lipinski definition) is 4. The van der Waals surface area contributed by atoms with Gasteiger partial charge in [-0.1, -0.05) is 65.6 Å². The zero-order valence-electron chi connectivity index (χ0n) is 21.7. The molecule has 0 spiro atoms. The molecule has 182 valence electrons. The van der Waals surface area contributed by atoms with Crippen LogP contribution < -0.4 is 4.90 Å². The fourth-order valence-corrected chi connectivity index (χ4v) is 4.25. The van der Waals surface area contributed by atoms with Crippen LogP contribution in [0.5, 0.6) is 0 Å². The molecule has 0 bridgehead atoms. The minimum absolute atomic E-state index is 0.835. The molecule has 0 unspecified atom stereocenters. The van der Waals surface area contributed by atoms with Crippen LogP contribution in [0.3, 0.4) is 0 Å². The topological polar surface area (TPSA) is 18.8 Å². The Morgan fingerprint density at radius 3 is 1.79 bits per heavy atom. The Balaban J connectivity index is 2.17. The lowest BCUT2D eigenvalue weighted by Gasteiger charge is -2.27. The van der Waals surface area contributed by atoms with E-state index in [9.17, 15) is 0 Å². The van der Waals surface area contributed by atoms with Crippen molar-refractivity contribution in [1.82, 2.24) is 4.90 Å². The second kappa shape index (κ2) is 15.1. The molecule has 2 rings (SSSR count). The summed E-state index contributed by atoms with van der Waals surface area (Å²) in [5, 5.41) is 0. The van der Waals surface area contributed by atoms with E-state index in [0.717, 1.165) is 42.4 Å². The highest BCUT2D eigenvalue weighted by atomic mass is 32.1. The van der Waals surface area contributed by atoms with Crippen LogP contribution in [-0.2, 0) is 0 Å². The average molecular weight is 468 g/mol. The van der Waals surface area contributed by atoms with Crippen molar-refractivity contribution >= 4 is 34.2 Å². The summed E-state index contributed by atoms with van der Waals surface area (Å²) < 4.78 is 0. The van der Waals surface area contributed by atoms with Crippen LogP contribution in [-0.4, -0.2) is 41.7 Å². The van der Waals surface area contributed by atoms with E-state index < -0.39 is 0 Å². The van der Waals surface area contributed by atoms with Gasteiger partial charge >= 0.3 is 0 Å². The Hall–Kier alpha value is -1.94. The normalized spacial score (nSPS) is 14.6. The highest BCUT2D eigenvalue weighted by Crippen LogP contribution is 2.27. The zero-order valence-corrected chi connectivity index (χ0v) is 22.5. The second-order valence-electron chi connectivity index (χ2n) is 9.12. The number of aliphatic imine (C=N–C) groups is 1. The molecule has 0 aliphatic heterocycles. The molecule has 1 aliphatic carbocycles. The van der Waals surface area contributed by atoms with Gasteiger partial charge in [0, 0.05) is 37.6 Å². The predicted octanol–water partition coefficient (Wildman–Crippen LogP) is 8.20. The van der Waals surface area contributed by atoms with E-state index in [-0.39, 0.29) is 0 Å². The molecule has 0 amide bonds. The summed E-state index contributed by atoms with van der Waals surface area (Å²) in [5.74, 6) is 0. The van der Waals surface area contributed by atoms with Gasteiger partial charge < -0.3 is 9.80 Å². The largest absolute Gasteiger partial charge is 0.372 e. The first-order chi connectivity index (χ1) is 16.0. The van der Waals surface area contributed by atoms with E-state index in [1.54, 1.807) is 0 Å². The lowest BCUT2D eigenvalue weighted by molar-refractivity contribution is 0.341. The number of allylic oxidation sites excluding steroid dienone is 3. The number of benzene rings is 1. The van der Waals surface area contributed by atoms with Crippen molar-refractivity contribution in [3.05, 3.63) is 47.7 Å². The van der Waals surface area contributed by atoms with Crippen molar-refractivity contribution in [2.75, 3.05) is 31.1 Å². The van der Waals surface area contributed by atoms with Gasteiger partial charge in [-0.2, -0.15) is 0 Å². The monoisotopic (exact) mass is 467 g/mol. The molecule has 3 nitrogen and oxygen atoms in total. The highest BCUT2D eigenvalue weighted by molar-refractivity contribution is 7.82. The van der Waals surface area contributed by atoms with Crippen LogP contribution in [0.4, 0.5) is 11.4 Å². The van der Waals surface area contributed by atoms with Gasteiger partial charge in [0.2, 0.25) is 0 Å². The van der Waals surface area contributed by atoms with Gasteiger partial charge in [0.05, 0.1) is 16.3 Å². The fourth-order valence-electron chi connectivity index (χ4n) is 4.02. The van der Waals surface area contributed by atoms with E-state index in [0.29, 0.717) is 0 Å². The molecule has 0 N–H and O–H groups in total. The lowest BCUT2D eigenvalue weighted by Crippen LogP contribution is -2.27. The Labute approximate surface area is 208 Å². The molecule has 1 aromatic rings. The third-order valence-electron chi connectivity index (χ3n) is 6.22. The standard InChI is InChI=1S/C29H45N3S/c1-6-10-18-31(19-11-7-2)25-14-16-27(24(5)22-25)30-28-17-15-26(23-29(28)33)32(20-12-8-3)21-13-9-4/h14-17,22-23H,6-13,18-21H2,1-5H3. The number of hydrogen-bond donors (Lipinski definition) is 0.